The summed E-state index contributed by atoms with van der Waals surface area (Å²) in [5, 5.41) is 0. The minimum Gasteiger partial charge on any atom is -0.497 e. The van der Waals surface area contributed by atoms with Crippen LogP contribution in [-0.2, 0) is 0 Å². The molecule has 0 unspecified atom stereocenters. The van der Waals surface area contributed by atoms with Gasteiger partial charge < -0.3 is 9.47 Å². The van der Waals surface area contributed by atoms with Crippen LogP contribution in [-0.4, -0.2) is 38.3 Å². The monoisotopic (exact) mass is 249 g/mol. The van der Waals surface area contributed by atoms with Gasteiger partial charge in [0.1, 0.15) is 18.1 Å². The SMILES string of the molecule is COc1cccc(OCCN2CCC[C@H](C)C2)c1. The second-order valence-corrected chi connectivity index (χ2v) is 5.08. The quantitative estimate of drug-likeness (QED) is 0.801. The topological polar surface area (TPSA) is 21.7 Å². The molecule has 2 rings (SSSR count). The molecule has 1 saturated heterocycles. The van der Waals surface area contributed by atoms with Gasteiger partial charge in [0.25, 0.3) is 0 Å². The van der Waals surface area contributed by atoms with Crippen molar-refractivity contribution in [3.05, 3.63) is 24.3 Å². The van der Waals surface area contributed by atoms with Crippen molar-refractivity contribution in [2.24, 2.45) is 5.92 Å². The number of likely N-dealkylation sites (tertiary alicyclic amines) is 1. The molecule has 0 bridgehead atoms. The molecule has 0 aromatic heterocycles. The highest BCUT2D eigenvalue weighted by atomic mass is 16.5. The summed E-state index contributed by atoms with van der Waals surface area (Å²) >= 11 is 0. The average molecular weight is 249 g/mol. The Morgan fingerprint density at radius 1 is 1.33 bits per heavy atom. The molecule has 1 aromatic rings. The third-order valence-electron chi connectivity index (χ3n) is 3.46. The molecule has 1 heterocycles. The van der Waals surface area contributed by atoms with Crippen LogP contribution in [0.3, 0.4) is 0 Å². The smallest absolute Gasteiger partial charge is 0.123 e. The van der Waals surface area contributed by atoms with E-state index in [1.165, 1.54) is 25.9 Å². The zero-order valence-corrected chi connectivity index (χ0v) is 11.4. The number of hydrogen-bond acceptors (Lipinski definition) is 3. The van der Waals surface area contributed by atoms with Gasteiger partial charge in [-0.15, -0.1) is 0 Å². The van der Waals surface area contributed by atoms with Crippen molar-refractivity contribution in [3.63, 3.8) is 0 Å². The van der Waals surface area contributed by atoms with Gasteiger partial charge in [-0.1, -0.05) is 13.0 Å². The molecule has 1 aliphatic heterocycles. The van der Waals surface area contributed by atoms with Gasteiger partial charge in [0, 0.05) is 19.2 Å². The first kappa shape index (κ1) is 13.2. The van der Waals surface area contributed by atoms with E-state index < -0.39 is 0 Å². The number of methoxy groups -OCH3 is 1. The fourth-order valence-electron chi connectivity index (χ4n) is 2.47. The van der Waals surface area contributed by atoms with Crippen molar-refractivity contribution in [2.45, 2.75) is 19.8 Å². The summed E-state index contributed by atoms with van der Waals surface area (Å²) in [6.07, 6.45) is 2.69. The summed E-state index contributed by atoms with van der Waals surface area (Å²) in [7, 11) is 1.67. The van der Waals surface area contributed by atoms with Crippen molar-refractivity contribution in [2.75, 3.05) is 33.4 Å². The number of rotatable bonds is 5. The number of ether oxygens (including phenoxy) is 2. The Kier molecular flexibility index (Phi) is 4.88. The van der Waals surface area contributed by atoms with Crippen LogP contribution < -0.4 is 9.47 Å². The summed E-state index contributed by atoms with van der Waals surface area (Å²) in [6, 6.07) is 7.79. The van der Waals surface area contributed by atoms with E-state index in [9.17, 15) is 0 Å². The summed E-state index contributed by atoms with van der Waals surface area (Å²) in [5.74, 6) is 2.56. The van der Waals surface area contributed by atoms with E-state index in [-0.39, 0.29) is 0 Å². The number of nitrogens with zero attached hydrogens (tertiary/aromatic N) is 1. The van der Waals surface area contributed by atoms with Crippen molar-refractivity contribution < 1.29 is 9.47 Å². The van der Waals surface area contributed by atoms with Gasteiger partial charge in [-0.2, -0.15) is 0 Å². The van der Waals surface area contributed by atoms with E-state index in [0.717, 1.165) is 30.6 Å². The zero-order valence-electron chi connectivity index (χ0n) is 11.4. The van der Waals surface area contributed by atoms with E-state index in [1.807, 2.05) is 24.3 Å². The first-order chi connectivity index (χ1) is 8.78. The third-order valence-corrected chi connectivity index (χ3v) is 3.46. The summed E-state index contributed by atoms with van der Waals surface area (Å²) < 4.78 is 10.9. The molecule has 0 radical (unpaired) electrons. The maximum atomic E-state index is 5.76. The Morgan fingerprint density at radius 2 is 2.17 bits per heavy atom. The van der Waals surface area contributed by atoms with Crippen LogP contribution in [0.4, 0.5) is 0 Å². The summed E-state index contributed by atoms with van der Waals surface area (Å²) in [6.45, 7) is 6.52. The van der Waals surface area contributed by atoms with Gasteiger partial charge in [-0.25, -0.2) is 0 Å². The van der Waals surface area contributed by atoms with Crippen molar-refractivity contribution >= 4 is 0 Å². The van der Waals surface area contributed by atoms with Crippen LogP contribution in [0.1, 0.15) is 19.8 Å². The van der Waals surface area contributed by atoms with E-state index in [2.05, 4.69) is 11.8 Å². The van der Waals surface area contributed by atoms with Crippen LogP contribution in [0.25, 0.3) is 0 Å². The van der Waals surface area contributed by atoms with Gasteiger partial charge in [0.2, 0.25) is 0 Å². The highest BCUT2D eigenvalue weighted by Crippen LogP contribution is 2.19. The van der Waals surface area contributed by atoms with Gasteiger partial charge >= 0.3 is 0 Å². The maximum Gasteiger partial charge on any atom is 0.123 e. The fraction of sp³-hybridized carbons (Fsp3) is 0.600. The first-order valence-corrected chi connectivity index (χ1v) is 6.77. The van der Waals surface area contributed by atoms with Gasteiger partial charge in [-0.3, -0.25) is 4.90 Å². The van der Waals surface area contributed by atoms with Gasteiger partial charge in [-0.05, 0) is 37.4 Å². The molecule has 1 aromatic carbocycles. The number of benzene rings is 1. The van der Waals surface area contributed by atoms with E-state index in [0.29, 0.717) is 0 Å². The maximum absolute atomic E-state index is 5.76. The molecule has 1 aliphatic rings. The number of piperidine rings is 1. The molecule has 0 amide bonds. The lowest BCUT2D eigenvalue weighted by atomic mass is 10.0. The predicted molar refractivity (Wildman–Crippen MR) is 73.3 cm³/mol. The molecule has 1 atom stereocenters. The molecule has 100 valence electrons. The Morgan fingerprint density at radius 3 is 2.94 bits per heavy atom. The molecule has 18 heavy (non-hydrogen) atoms. The summed E-state index contributed by atoms with van der Waals surface area (Å²) in [4.78, 5) is 2.49. The average Bonchev–Trinajstić information content (AvgIpc) is 2.39. The molecule has 3 nitrogen and oxygen atoms in total. The minimum absolute atomic E-state index is 0.750. The third kappa shape index (κ3) is 3.91. The van der Waals surface area contributed by atoms with E-state index in [1.54, 1.807) is 7.11 Å². The highest BCUT2D eigenvalue weighted by molar-refractivity contribution is 5.32. The lowest BCUT2D eigenvalue weighted by Gasteiger charge is -2.30. The lowest BCUT2D eigenvalue weighted by molar-refractivity contribution is 0.153. The molecule has 0 aliphatic carbocycles. The van der Waals surface area contributed by atoms with Crippen molar-refractivity contribution in [3.8, 4) is 11.5 Å². The largest absolute Gasteiger partial charge is 0.497 e. The van der Waals surface area contributed by atoms with Gasteiger partial charge in [0.15, 0.2) is 0 Å². The van der Waals surface area contributed by atoms with Crippen LogP contribution in [0.15, 0.2) is 24.3 Å². The molecular weight excluding hydrogens is 226 g/mol. The van der Waals surface area contributed by atoms with Crippen LogP contribution in [0.2, 0.25) is 0 Å². The molecular formula is C15H23NO2. The lowest BCUT2D eigenvalue weighted by Crippen LogP contribution is -2.37. The molecule has 0 N–H and O–H groups in total. The summed E-state index contributed by atoms with van der Waals surface area (Å²) in [5.41, 5.74) is 0. The molecule has 1 fully saturated rings. The molecule has 0 spiro atoms. The van der Waals surface area contributed by atoms with Crippen LogP contribution in [0.5, 0.6) is 11.5 Å². The molecule has 0 saturated carbocycles. The second kappa shape index (κ2) is 6.64. The van der Waals surface area contributed by atoms with Crippen LogP contribution in [0, 0.1) is 5.92 Å². The Hall–Kier alpha value is -1.22. The molecule has 3 heteroatoms. The van der Waals surface area contributed by atoms with E-state index in [4.69, 9.17) is 9.47 Å². The highest BCUT2D eigenvalue weighted by Gasteiger charge is 2.15. The number of hydrogen-bond donors (Lipinski definition) is 0. The van der Waals surface area contributed by atoms with E-state index >= 15 is 0 Å². The first-order valence-electron chi connectivity index (χ1n) is 6.77. The predicted octanol–water partition coefficient (Wildman–Crippen LogP) is 2.81. The second-order valence-electron chi connectivity index (χ2n) is 5.08. The fourth-order valence-corrected chi connectivity index (χ4v) is 2.47. The standard InChI is InChI=1S/C15H23NO2/c1-13-5-4-8-16(12-13)9-10-18-15-7-3-6-14(11-15)17-2/h3,6-7,11,13H,4-5,8-10,12H2,1-2H3/t13-/m0/s1. The van der Waals surface area contributed by atoms with Gasteiger partial charge in [0.05, 0.1) is 7.11 Å². The Labute approximate surface area is 110 Å². The van der Waals surface area contributed by atoms with Crippen molar-refractivity contribution in [1.82, 2.24) is 4.90 Å². The van der Waals surface area contributed by atoms with Crippen LogP contribution >= 0.6 is 0 Å². The zero-order chi connectivity index (χ0) is 12.8. The Balaban J connectivity index is 1.74. The normalized spacial score (nSPS) is 20.7. The van der Waals surface area contributed by atoms with Crippen molar-refractivity contribution in [1.29, 1.82) is 0 Å². The Bertz CT molecular complexity index is 367. The minimum atomic E-state index is 0.750.